The van der Waals surface area contributed by atoms with E-state index < -0.39 is 0 Å². The van der Waals surface area contributed by atoms with Crippen molar-refractivity contribution in [2.45, 2.75) is 19.4 Å². The number of fused-ring (bicyclic) bond motifs is 1. The second-order valence-corrected chi connectivity index (χ2v) is 5.61. The predicted molar refractivity (Wildman–Crippen MR) is 86.5 cm³/mol. The van der Waals surface area contributed by atoms with Crippen LogP contribution in [0.3, 0.4) is 0 Å². The zero-order chi connectivity index (χ0) is 15.4. The summed E-state index contributed by atoms with van der Waals surface area (Å²) in [5.74, 6) is 1.64. The SMILES string of the molecule is COc1cc2c(cc1OC)CCN(Cc1cccnc1)CC2. The number of benzene rings is 1. The van der Waals surface area contributed by atoms with Crippen LogP contribution in [0.15, 0.2) is 36.7 Å². The first-order chi connectivity index (χ1) is 10.8. The van der Waals surface area contributed by atoms with Gasteiger partial charge >= 0.3 is 0 Å². The summed E-state index contributed by atoms with van der Waals surface area (Å²) in [5, 5.41) is 0. The summed E-state index contributed by atoms with van der Waals surface area (Å²) in [7, 11) is 3.38. The van der Waals surface area contributed by atoms with Gasteiger partial charge in [0.05, 0.1) is 14.2 Å². The van der Waals surface area contributed by atoms with Crippen molar-refractivity contribution in [3.05, 3.63) is 53.3 Å². The molecule has 1 aromatic carbocycles. The fraction of sp³-hybridized carbons (Fsp3) is 0.389. The molecule has 2 heterocycles. The van der Waals surface area contributed by atoms with E-state index in [1.165, 1.54) is 16.7 Å². The lowest BCUT2D eigenvalue weighted by atomic mass is 10.0. The number of methoxy groups -OCH3 is 2. The molecule has 4 heteroatoms. The van der Waals surface area contributed by atoms with E-state index in [1.807, 2.05) is 18.5 Å². The van der Waals surface area contributed by atoms with Gasteiger partial charge in [0.15, 0.2) is 11.5 Å². The molecule has 0 aliphatic carbocycles. The van der Waals surface area contributed by atoms with E-state index in [0.29, 0.717) is 0 Å². The minimum atomic E-state index is 0.821. The number of pyridine rings is 1. The van der Waals surface area contributed by atoms with Crippen molar-refractivity contribution in [3.8, 4) is 11.5 Å². The van der Waals surface area contributed by atoms with Crippen LogP contribution in [0.1, 0.15) is 16.7 Å². The van der Waals surface area contributed by atoms with Crippen molar-refractivity contribution in [3.63, 3.8) is 0 Å². The smallest absolute Gasteiger partial charge is 0.161 e. The molecule has 3 rings (SSSR count). The molecule has 0 spiro atoms. The molecule has 0 saturated carbocycles. The Morgan fingerprint density at radius 1 is 1.05 bits per heavy atom. The molecule has 4 nitrogen and oxygen atoms in total. The van der Waals surface area contributed by atoms with Crippen molar-refractivity contribution >= 4 is 0 Å². The van der Waals surface area contributed by atoms with Crippen LogP contribution >= 0.6 is 0 Å². The molecule has 1 aliphatic heterocycles. The molecule has 1 aliphatic rings. The average Bonchev–Trinajstić information content (AvgIpc) is 2.76. The summed E-state index contributed by atoms with van der Waals surface area (Å²) >= 11 is 0. The Morgan fingerprint density at radius 3 is 2.18 bits per heavy atom. The van der Waals surface area contributed by atoms with Crippen molar-refractivity contribution in [2.75, 3.05) is 27.3 Å². The van der Waals surface area contributed by atoms with Gasteiger partial charge in [0.2, 0.25) is 0 Å². The standard InChI is InChI=1S/C18H22N2O2/c1-21-17-10-15-5-8-20(13-14-4-3-7-19-12-14)9-6-16(15)11-18(17)22-2/h3-4,7,10-12H,5-6,8-9,13H2,1-2H3. The van der Waals surface area contributed by atoms with Gasteiger partial charge in [-0.3, -0.25) is 9.88 Å². The number of ether oxygens (including phenoxy) is 2. The highest BCUT2D eigenvalue weighted by Crippen LogP contribution is 2.32. The minimum Gasteiger partial charge on any atom is -0.493 e. The maximum absolute atomic E-state index is 5.42. The van der Waals surface area contributed by atoms with Gasteiger partial charge in [-0.1, -0.05) is 6.07 Å². The molecule has 116 valence electrons. The Balaban J connectivity index is 1.74. The van der Waals surface area contributed by atoms with Crippen LogP contribution in [0.5, 0.6) is 11.5 Å². The first-order valence-corrected chi connectivity index (χ1v) is 7.65. The molecule has 0 amide bonds. The first kappa shape index (κ1) is 14.9. The second-order valence-electron chi connectivity index (χ2n) is 5.61. The van der Waals surface area contributed by atoms with Gasteiger partial charge in [-0.2, -0.15) is 0 Å². The van der Waals surface area contributed by atoms with Gasteiger partial charge in [-0.15, -0.1) is 0 Å². The Morgan fingerprint density at radius 2 is 1.68 bits per heavy atom. The fourth-order valence-corrected chi connectivity index (χ4v) is 3.01. The Kier molecular flexibility index (Phi) is 4.59. The first-order valence-electron chi connectivity index (χ1n) is 7.65. The molecule has 0 atom stereocenters. The quantitative estimate of drug-likeness (QED) is 0.869. The van der Waals surface area contributed by atoms with E-state index in [-0.39, 0.29) is 0 Å². The third kappa shape index (κ3) is 3.22. The van der Waals surface area contributed by atoms with Crippen LogP contribution in [0.25, 0.3) is 0 Å². The van der Waals surface area contributed by atoms with Crippen molar-refractivity contribution in [1.82, 2.24) is 9.88 Å². The zero-order valence-electron chi connectivity index (χ0n) is 13.2. The van der Waals surface area contributed by atoms with E-state index in [4.69, 9.17) is 9.47 Å². The number of hydrogen-bond donors (Lipinski definition) is 0. The van der Waals surface area contributed by atoms with E-state index >= 15 is 0 Å². The molecule has 0 bridgehead atoms. The van der Waals surface area contributed by atoms with Crippen LogP contribution in [-0.4, -0.2) is 37.2 Å². The Labute approximate surface area is 131 Å². The van der Waals surface area contributed by atoms with Crippen molar-refractivity contribution in [1.29, 1.82) is 0 Å². The fourth-order valence-electron chi connectivity index (χ4n) is 3.01. The van der Waals surface area contributed by atoms with Crippen molar-refractivity contribution in [2.24, 2.45) is 0 Å². The van der Waals surface area contributed by atoms with Crippen molar-refractivity contribution < 1.29 is 9.47 Å². The number of aromatic nitrogens is 1. The summed E-state index contributed by atoms with van der Waals surface area (Å²) in [6, 6.07) is 8.39. The molecule has 1 aromatic heterocycles. The van der Waals surface area contributed by atoms with E-state index in [0.717, 1.165) is 44.0 Å². The van der Waals surface area contributed by atoms with Gasteiger partial charge in [-0.25, -0.2) is 0 Å². The minimum absolute atomic E-state index is 0.821. The van der Waals surface area contributed by atoms with E-state index in [9.17, 15) is 0 Å². The molecule has 0 radical (unpaired) electrons. The highest BCUT2D eigenvalue weighted by Gasteiger charge is 2.17. The Hall–Kier alpha value is -2.07. The van der Waals surface area contributed by atoms with Gasteiger partial charge in [0.1, 0.15) is 0 Å². The largest absolute Gasteiger partial charge is 0.493 e. The summed E-state index contributed by atoms with van der Waals surface area (Å²) in [6.07, 6.45) is 5.84. The average molecular weight is 298 g/mol. The lowest BCUT2D eigenvalue weighted by molar-refractivity contribution is 0.279. The number of rotatable bonds is 4. The summed E-state index contributed by atoms with van der Waals surface area (Å²) in [4.78, 5) is 6.68. The molecule has 0 unspecified atom stereocenters. The van der Waals surface area contributed by atoms with Gasteiger partial charge < -0.3 is 9.47 Å². The van der Waals surface area contributed by atoms with E-state index in [2.05, 4.69) is 28.1 Å². The van der Waals surface area contributed by atoms with Crippen LogP contribution in [0.4, 0.5) is 0 Å². The van der Waals surface area contributed by atoms with Crippen LogP contribution < -0.4 is 9.47 Å². The molecular weight excluding hydrogens is 276 g/mol. The lowest BCUT2D eigenvalue weighted by Gasteiger charge is -2.19. The summed E-state index contributed by atoms with van der Waals surface area (Å²) in [6.45, 7) is 3.06. The molecule has 0 saturated heterocycles. The van der Waals surface area contributed by atoms with Crippen LogP contribution in [0.2, 0.25) is 0 Å². The predicted octanol–water partition coefficient (Wildman–Crippen LogP) is 2.70. The zero-order valence-corrected chi connectivity index (χ0v) is 13.2. The maximum Gasteiger partial charge on any atom is 0.161 e. The van der Waals surface area contributed by atoms with Crippen LogP contribution in [-0.2, 0) is 19.4 Å². The summed E-state index contributed by atoms with van der Waals surface area (Å²) < 4.78 is 10.8. The molecule has 0 fully saturated rings. The second kappa shape index (κ2) is 6.79. The van der Waals surface area contributed by atoms with E-state index in [1.54, 1.807) is 14.2 Å². The van der Waals surface area contributed by atoms with Gasteiger partial charge in [-0.05, 0) is 47.7 Å². The highest BCUT2D eigenvalue weighted by atomic mass is 16.5. The maximum atomic E-state index is 5.42. The third-order valence-electron chi connectivity index (χ3n) is 4.23. The number of hydrogen-bond acceptors (Lipinski definition) is 4. The normalized spacial score (nSPS) is 15.0. The molecule has 22 heavy (non-hydrogen) atoms. The monoisotopic (exact) mass is 298 g/mol. The molecule has 2 aromatic rings. The lowest BCUT2D eigenvalue weighted by Crippen LogP contribution is -2.25. The topological polar surface area (TPSA) is 34.6 Å². The molecular formula is C18H22N2O2. The molecule has 0 N–H and O–H groups in total. The van der Waals surface area contributed by atoms with Gasteiger partial charge in [0, 0.05) is 32.0 Å². The Bertz CT molecular complexity index is 593. The summed E-state index contributed by atoms with van der Waals surface area (Å²) in [5.41, 5.74) is 4.00. The highest BCUT2D eigenvalue weighted by molar-refractivity contribution is 5.48. The van der Waals surface area contributed by atoms with Crippen LogP contribution in [0, 0.1) is 0 Å². The van der Waals surface area contributed by atoms with Gasteiger partial charge in [0.25, 0.3) is 0 Å². The third-order valence-corrected chi connectivity index (χ3v) is 4.23. The number of nitrogens with zero attached hydrogens (tertiary/aromatic N) is 2.